The summed E-state index contributed by atoms with van der Waals surface area (Å²) in [7, 11) is 0. The van der Waals surface area contributed by atoms with Crippen molar-refractivity contribution in [1.29, 1.82) is 0 Å². The summed E-state index contributed by atoms with van der Waals surface area (Å²) in [5, 5.41) is 0. The highest BCUT2D eigenvalue weighted by molar-refractivity contribution is 5.82. The third-order valence-electron chi connectivity index (χ3n) is 6.83. The number of nitrogens with zero attached hydrogens (tertiary/aromatic N) is 3. The first kappa shape index (κ1) is 22.3. The van der Waals surface area contributed by atoms with Crippen molar-refractivity contribution in [3.05, 3.63) is 107 Å². The molecule has 0 atom stereocenters. The summed E-state index contributed by atoms with van der Waals surface area (Å²) in [4.78, 5) is 14.7. The maximum absolute atomic E-state index is 13.9. The van der Waals surface area contributed by atoms with E-state index in [1.807, 2.05) is 26.1 Å². The van der Waals surface area contributed by atoms with Crippen LogP contribution in [-0.2, 0) is 13.0 Å². The average molecular weight is 479 g/mol. The van der Waals surface area contributed by atoms with Crippen LogP contribution < -0.4 is 9.64 Å². The number of fused-ring (bicyclic) bond motifs is 2. The third kappa shape index (κ3) is 4.31. The van der Waals surface area contributed by atoms with Gasteiger partial charge in [-0.1, -0.05) is 24.3 Å². The number of aromatic amines is 1. The number of halogens is 1. The maximum Gasteiger partial charge on any atom is 0.124 e. The van der Waals surface area contributed by atoms with Crippen molar-refractivity contribution in [2.75, 3.05) is 18.1 Å². The van der Waals surface area contributed by atoms with Crippen LogP contribution in [0.5, 0.6) is 5.75 Å². The molecule has 0 amide bonds. The number of aromatic nitrogens is 3. The molecule has 6 rings (SSSR count). The Morgan fingerprint density at radius 2 is 1.86 bits per heavy atom. The molecule has 0 spiro atoms. The van der Waals surface area contributed by atoms with Crippen molar-refractivity contribution >= 4 is 16.7 Å². The molecule has 0 aliphatic carbocycles. The van der Waals surface area contributed by atoms with Gasteiger partial charge in [-0.2, -0.15) is 0 Å². The summed E-state index contributed by atoms with van der Waals surface area (Å²) in [5.74, 6) is 1.61. The zero-order chi connectivity index (χ0) is 24.6. The molecule has 0 unspecified atom stereocenters. The SMILES string of the molecule is Cc1nc2ccc(-c3ccc4c(c3)CN(c3ccnc(C)c3Cc3cccc(F)c3)CCO4)cc2[nH]1. The van der Waals surface area contributed by atoms with Crippen molar-refractivity contribution in [1.82, 2.24) is 15.0 Å². The molecule has 180 valence electrons. The van der Waals surface area contributed by atoms with Crippen LogP contribution in [0.3, 0.4) is 0 Å². The summed E-state index contributed by atoms with van der Waals surface area (Å²) >= 11 is 0. The molecule has 1 aliphatic heterocycles. The molecule has 6 heteroatoms. The smallest absolute Gasteiger partial charge is 0.124 e. The largest absolute Gasteiger partial charge is 0.491 e. The molecule has 3 aromatic carbocycles. The van der Waals surface area contributed by atoms with Crippen LogP contribution in [-0.4, -0.2) is 28.1 Å². The first-order valence-electron chi connectivity index (χ1n) is 12.2. The number of H-pyrrole nitrogens is 1. The van der Waals surface area contributed by atoms with Crippen LogP contribution in [0.15, 0.2) is 72.9 Å². The molecule has 0 bridgehead atoms. The lowest BCUT2D eigenvalue weighted by atomic mass is 10.00. The first-order chi connectivity index (χ1) is 17.5. The predicted octanol–water partition coefficient (Wildman–Crippen LogP) is 6.37. The molecule has 3 heterocycles. The number of hydrogen-bond acceptors (Lipinski definition) is 4. The highest BCUT2D eigenvalue weighted by atomic mass is 19.1. The molecular formula is C30H27FN4O. The van der Waals surface area contributed by atoms with Gasteiger partial charge in [-0.15, -0.1) is 0 Å². The zero-order valence-corrected chi connectivity index (χ0v) is 20.4. The van der Waals surface area contributed by atoms with Crippen LogP contribution in [0.4, 0.5) is 10.1 Å². The quantitative estimate of drug-likeness (QED) is 0.326. The monoisotopic (exact) mass is 478 g/mol. The van der Waals surface area contributed by atoms with Gasteiger partial charge in [-0.25, -0.2) is 9.37 Å². The van der Waals surface area contributed by atoms with Gasteiger partial charge in [0.2, 0.25) is 0 Å². The Labute approximate surface area is 209 Å². The average Bonchev–Trinajstić information content (AvgIpc) is 3.11. The summed E-state index contributed by atoms with van der Waals surface area (Å²) in [6, 6.07) is 21.6. The molecule has 0 radical (unpaired) electrons. The second kappa shape index (κ2) is 9.11. The molecule has 0 fully saturated rings. The number of imidazole rings is 1. The van der Waals surface area contributed by atoms with Gasteiger partial charge in [0.1, 0.15) is 24.0 Å². The van der Waals surface area contributed by atoms with E-state index in [0.29, 0.717) is 19.6 Å². The lowest BCUT2D eigenvalue weighted by Crippen LogP contribution is -2.26. The van der Waals surface area contributed by atoms with Crippen molar-refractivity contribution in [2.24, 2.45) is 0 Å². The Hall–Kier alpha value is -4.19. The molecule has 0 saturated heterocycles. The first-order valence-corrected chi connectivity index (χ1v) is 12.2. The van der Waals surface area contributed by atoms with Gasteiger partial charge >= 0.3 is 0 Å². The van der Waals surface area contributed by atoms with Gasteiger partial charge in [0, 0.05) is 41.7 Å². The Bertz CT molecular complexity index is 1580. The number of nitrogens with one attached hydrogen (secondary N) is 1. The molecule has 1 aliphatic rings. The minimum absolute atomic E-state index is 0.219. The van der Waals surface area contributed by atoms with Crippen molar-refractivity contribution in [2.45, 2.75) is 26.8 Å². The van der Waals surface area contributed by atoms with Crippen molar-refractivity contribution in [3.8, 4) is 16.9 Å². The number of anilines is 1. The number of ether oxygens (including phenoxy) is 1. The Morgan fingerprint density at radius 3 is 2.75 bits per heavy atom. The van der Waals surface area contributed by atoms with E-state index >= 15 is 0 Å². The van der Waals surface area contributed by atoms with Crippen LogP contribution in [0.2, 0.25) is 0 Å². The van der Waals surface area contributed by atoms with Gasteiger partial charge in [0.05, 0.1) is 17.6 Å². The van der Waals surface area contributed by atoms with E-state index in [1.54, 1.807) is 12.1 Å². The number of pyridine rings is 1. The fraction of sp³-hybridized carbons (Fsp3) is 0.200. The standard InChI is InChI=1S/C30H27FN4O/c1-19-26(15-21-4-3-5-25(31)14-21)29(10-11-32-19)35-12-13-36-30-9-7-22(16-24(30)18-35)23-6-8-27-28(17-23)34-20(2)33-27/h3-11,14,16-17H,12-13,15,18H2,1-2H3,(H,33,34). The molecule has 5 aromatic rings. The Kier molecular flexibility index (Phi) is 5.64. The van der Waals surface area contributed by atoms with E-state index in [0.717, 1.165) is 68.4 Å². The zero-order valence-electron chi connectivity index (χ0n) is 20.4. The molecule has 5 nitrogen and oxygen atoms in total. The second-order valence-electron chi connectivity index (χ2n) is 9.35. The van der Waals surface area contributed by atoms with E-state index in [2.05, 4.69) is 62.3 Å². The number of benzene rings is 3. The summed E-state index contributed by atoms with van der Waals surface area (Å²) in [6.07, 6.45) is 2.48. The third-order valence-corrected chi connectivity index (χ3v) is 6.83. The van der Waals surface area contributed by atoms with Gasteiger partial charge in [-0.3, -0.25) is 4.98 Å². The van der Waals surface area contributed by atoms with Gasteiger partial charge in [0.15, 0.2) is 0 Å². The summed E-state index contributed by atoms with van der Waals surface area (Å²) in [5.41, 5.74) is 9.54. The Balaban J connectivity index is 1.34. The number of aryl methyl sites for hydroxylation is 2. The fourth-order valence-electron chi connectivity index (χ4n) is 5.05. The van der Waals surface area contributed by atoms with E-state index in [-0.39, 0.29) is 5.82 Å². The van der Waals surface area contributed by atoms with Crippen molar-refractivity contribution in [3.63, 3.8) is 0 Å². The second-order valence-corrected chi connectivity index (χ2v) is 9.35. The summed E-state index contributed by atoms with van der Waals surface area (Å²) < 4.78 is 20.0. The van der Waals surface area contributed by atoms with Crippen LogP contribution >= 0.6 is 0 Å². The molecule has 36 heavy (non-hydrogen) atoms. The van der Waals surface area contributed by atoms with Crippen molar-refractivity contribution < 1.29 is 9.13 Å². The van der Waals surface area contributed by atoms with Crippen LogP contribution in [0, 0.1) is 19.7 Å². The van der Waals surface area contributed by atoms with E-state index < -0.39 is 0 Å². The van der Waals surface area contributed by atoms with E-state index in [4.69, 9.17) is 4.74 Å². The lowest BCUT2D eigenvalue weighted by Gasteiger charge is -2.26. The maximum atomic E-state index is 13.9. The molecular weight excluding hydrogens is 451 g/mol. The van der Waals surface area contributed by atoms with Gasteiger partial charge < -0.3 is 14.6 Å². The summed E-state index contributed by atoms with van der Waals surface area (Å²) in [6.45, 7) is 6.05. The predicted molar refractivity (Wildman–Crippen MR) is 141 cm³/mol. The lowest BCUT2D eigenvalue weighted by molar-refractivity contribution is 0.331. The minimum atomic E-state index is -0.219. The Morgan fingerprint density at radius 1 is 1.00 bits per heavy atom. The van der Waals surface area contributed by atoms with Crippen LogP contribution in [0.25, 0.3) is 22.2 Å². The van der Waals surface area contributed by atoms with E-state index in [9.17, 15) is 4.39 Å². The van der Waals surface area contributed by atoms with Gasteiger partial charge in [-0.05, 0) is 73.0 Å². The van der Waals surface area contributed by atoms with Crippen LogP contribution in [0.1, 0.15) is 28.2 Å². The molecule has 2 aromatic heterocycles. The normalized spacial score (nSPS) is 13.4. The number of hydrogen-bond donors (Lipinski definition) is 1. The van der Waals surface area contributed by atoms with E-state index in [1.165, 1.54) is 6.07 Å². The number of rotatable bonds is 4. The highest BCUT2D eigenvalue weighted by Crippen LogP contribution is 2.34. The van der Waals surface area contributed by atoms with Gasteiger partial charge in [0.25, 0.3) is 0 Å². The molecule has 0 saturated carbocycles. The topological polar surface area (TPSA) is 54.0 Å². The minimum Gasteiger partial charge on any atom is -0.491 e. The fourth-order valence-corrected chi connectivity index (χ4v) is 5.05. The molecule has 1 N–H and O–H groups in total. The highest BCUT2D eigenvalue weighted by Gasteiger charge is 2.20.